The molecule has 0 amide bonds. The summed E-state index contributed by atoms with van der Waals surface area (Å²) in [7, 11) is 0. The molecule has 4 aromatic rings. The van der Waals surface area contributed by atoms with E-state index in [0.29, 0.717) is 10.6 Å². The lowest BCUT2D eigenvalue weighted by Crippen LogP contribution is -2.12. The number of imidazole rings is 1. The van der Waals surface area contributed by atoms with Gasteiger partial charge < -0.3 is 9.55 Å². The van der Waals surface area contributed by atoms with Crippen molar-refractivity contribution in [3.63, 3.8) is 0 Å². The Morgan fingerprint density at radius 3 is 2.72 bits per heavy atom. The maximum Gasteiger partial charge on any atom is 0.251 e. The van der Waals surface area contributed by atoms with Crippen molar-refractivity contribution < 1.29 is 0 Å². The summed E-state index contributed by atoms with van der Waals surface area (Å²) in [5.41, 5.74) is 3.65. The fraction of sp³-hybridized carbons (Fsp3) is 0.100. The van der Waals surface area contributed by atoms with E-state index in [1.807, 2.05) is 54.1 Å². The predicted molar refractivity (Wildman–Crippen MR) is 100 cm³/mol. The molecule has 0 spiro atoms. The molecule has 25 heavy (non-hydrogen) atoms. The van der Waals surface area contributed by atoms with Crippen LogP contribution in [0, 0.1) is 6.92 Å². The molecule has 0 aliphatic heterocycles. The van der Waals surface area contributed by atoms with Gasteiger partial charge >= 0.3 is 0 Å². The number of halogens is 1. The van der Waals surface area contributed by atoms with Crippen LogP contribution in [0.2, 0.25) is 5.02 Å². The topological polar surface area (TPSA) is 50.7 Å². The standard InChI is InChI=1S/C20H16ClN3O/c1-13-9-16-10-15(5-6-18(16)23-20(13)25)19(24-8-7-22-12-24)14-3-2-4-17(21)11-14/h2-12,19H,1H3,(H,23,25). The second-order valence-corrected chi connectivity index (χ2v) is 6.53. The third kappa shape index (κ3) is 2.96. The van der Waals surface area contributed by atoms with Gasteiger partial charge in [0.15, 0.2) is 0 Å². The number of rotatable bonds is 3. The van der Waals surface area contributed by atoms with Gasteiger partial charge in [-0.25, -0.2) is 4.98 Å². The summed E-state index contributed by atoms with van der Waals surface area (Å²) in [4.78, 5) is 18.9. The number of benzene rings is 2. The van der Waals surface area contributed by atoms with Crippen LogP contribution in [0.5, 0.6) is 0 Å². The number of hydrogen-bond donors (Lipinski definition) is 1. The molecule has 0 aliphatic carbocycles. The monoisotopic (exact) mass is 349 g/mol. The van der Waals surface area contributed by atoms with E-state index < -0.39 is 0 Å². The van der Waals surface area contributed by atoms with E-state index >= 15 is 0 Å². The molecule has 4 rings (SSSR count). The molecule has 2 aromatic heterocycles. The van der Waals surface area contributed by atoms with E-state index in [-0.39, 0.29) is 11.6 Å². The Hall–Kier alpha value is -2.85. The third-order valence-corrected chi connectivity index (χ3v) is 4.59. The van der Waals surface area contributed by atoms with Crippen molar-refractivity contribution in [2.75, 3.05) is 0 Å². The Labute approximate surface area is 149 Å². The zero-order valence-corrected chi connectivity index (χ0v) is 14.4. The van der Waals surface area contributed by atoms with Crippen molar-refractivity contribution in [3.8, 4) is 0 Å². The van der Waals surface area contributed by atoms with E-state index in [0.717, 1.165) is 22.0 Å². The molecule has 124 valence electrons. The summed E-state index contributed by atoms with van der Waals surface area (Å²) in [6, 6.07) is 15.8. The van der Waals surface area contributed by atoms with E-state index in [9.17, 15) is 4.79 Å². The summed E-state index contributed by atoms with van der Waals surface area (Å²) >= 11 is 6.21. The summed E-state index contributed by atoms with van der Waals surface area (Å²) in [6.07, 6.45) is 5.50. The van der Waals surface area contributed by atoms with Crippen LogP contribution in [0.4, 0.5) is 0 Å². The maximum absolute atomic E-state index is 11.8. The zero-order valence-electron chi connectivity index (χ0n) is 13.6. The van der Waals surface area contributed by atoms with Gasteiger partial charge in [0.25, 0.3) is 5.56 Å². The van der Waals surface area contributed by atoms with Crippen molar-refractivity contribution in [1.29, 1.82) is 0 Å². The van der Waals surface area contributed by atoms with Crippen LogP contribution in [0.15, 0.2) is 72.0 Å². The SMILES string of the molecule is Cc1cc2cc(C(c3cccc(Cl)c3)n3ccnc3)ccc2[nH]c1=O. The smallest absolute Gasteiger partial charge is 0.251 e. The van der Waals surface area contributed by atoms with Crippen LogP contribution in [-0.2, 0) is 0 Å². The Bertz CT molecular complexity index is 1100. The highest BCUT2D eigenvalue weighted by atomic mass is 35.5. The van der Waals surface area contributed by atoms with Crippen molar-refractivity contribution in [2.24, 2.45) is 0 Å². The number of fused-ring (bicyclic) bond motifs is 1. The molecule has 0 fully saturated rings. The fourth-order valence-corrected chi connectivity index (χ4v) is 3.34. The molecule has 2 aromatic carbocycles. The summed E-state index contributed by atoms with van der Waals surface area (Å²) in [5, 5.41) is 1.70. The zero-order chi connectivity index (χ0) is 17.4. The highest BCUT2D eigenvalue weighted by molar-refractivity contribution is 6.30. The highest BCUT2D eigenvalue weighted by Gasteiger charge is 2.17. The largest absolute Gasteiger partial charge is 0.326 e. The molecule has 1 N–H and O–H groups in total. The molecule has 2 heterocycles. The molecular weight excluding hydrogens is 334 g/mol. The average Bonchev–Trinajstić information content (AvgIpc) is 3.10. The maximum atomic E-state index is 11.8. The lowest BCUT2D eigenvalue weighted by atomic mass is 9.97. The van der Waals surface area contributed by atoms with Gasteiger partial charge in [-0.15, -0.1) is 0 Å². The first-order valence-corrected chi connectivity index (χ1v) is 8.36. The van der Waals surface area contributed by atoms with Gasteiger partial charge in [0, 0.05) is 28.5 Å². The lowest BCUT2D eigenvalue weighted by Gasteiger charge is -2.20. The summed E-state index contributed by atoms with van der Waals surface area (Å²) in [6.45, 7) is 1.81. The van der Waals surface area contributed by atoms with Crippen molar-refractivity contribution in [2.45, 2.75) is 13.0 Å². The first-order chi connectivity index (χ1) is 12.1. The number of H-pyrrole nitrogens is 1. The van der Waals surface area contributed by atoms with E-state index in [1.54, 1.807) is 12.5 Å². The first-order valence-electron chi connectivity index (χ1n) is 7.98. The molecule has 5 heteroatoms. The molecule has 0 bridgehead atoms. The van der Waals surface area contributed by atoms with Gasteiger partial charge in [0.05, 0.1) is 12.4 Å². The van der Waals surface area contributed by atoms with Crippen molar-refractivity contribution in [3.05, 3.63) is 99.3 Å². The number of aromatic nitrogens is 3. The molecule has 1 atom stereocenters. The minimum Gasteiger partial charge on any atom is -0.326 e. The third-order valence-electron chi connectivity index (χ3n) is 4.36. The van der Waals surface area contributed by atoms with Gasteiger partial charge in [-0.3, -0.25) is 4.79 Å². The average molecular weight is 350 g/mol. The van der Waals surface area contributed by atoms with Gasteiger partial charge in [-0.1, -0.05) is 29.8 Å². The van der Waals surface area contributed by atoms with Crippen molar-refractivity contribution >= 4 is 22.5 Å². The van der Waals surface area contributed by atoms with Crippen LogP contribution < -0.4 is 5.56 Å². The van der Waals surface area contributed by atoms with Gasteiger partial charge in [0.2, 0.25) is 0 Å². The fourth-order valence-electron chi connectivity index (χ4n) is 3.14. The van der Waals surface area contributed by atoms with E-state index in [1.165, 1.54) is 0 Å². The first kappa shape index (κ1) is 15.7. The van der Waals surface area contributed by atoms with Gasteiger partial charge in [-0.2, -0.15) is 0 Å². The number of aromatic amines is 1. The number of pyridine rings is 1. The minimum atomic E-state index is -0.0544. The molecule has 0 aliphatic rings. The lowest BCUT2D eigenvalue weighted by molar-refractivity contribution is 0.677. The highest BCUT2D eigenvalue weighted by Crippen LogP contribution is 2.30. The number of nitrogens with one attached hydrogen (secondary N) is 1. The minimum absolute atomic E-state index is 0.0437. The van der Waals surface area contributed by atoms with E-state index in [4.69, 9.17) is 11.6 Å². The molecule has 0 saturated carbocycles. The van der Waals surface area contributed by atoms with Crippen LogP contribution in [0.3, 0.4) is 0 Å². The van der Waals surface area contributed by atoms with E-state index in [2.05, 4.69) is 22.1 Å². The number of nitrogens with zero attached hydrogens (tertiary/aromatic N) is 2. The Kier molecular flexibility index (Phi) is 3.90. The van der Waals surface area contributed by atoms with Crippen LogP contribution in [0.25, 0.3) is 10.9 Å². The number of hydrogen-bond acceptors (Lipinski definition) is 2. The molecule has 4 nitrogen and oxygen atoms in total. The van der Waals surface area contributed by atoms with Crippen molar-refractivity contribution in [1.82, 2.24) is 14.5 Å². The van der Waals surface area contributed by atoms with Crippen LogP contribution in [0.1, 0.15) is 22.7 Å². The van der Waals surface area contributed by atoms with Crippen LogP contribution >= 0.6 is 11.6 Å². The molecular formula is C20H16ClN3O. The predicted octanol–water partition coefficient (Wildman–Crippen LogP) is 4.32. The molecule has 0 radical (unpaired) electrons. The second-order valence-electron chi connectivity index (χ2n) is 6.10. The Balaban J connectivity index is 1.92. The van der Waals surface area contributed by atoms with Crippen LogP contribution in [-0.4, -0.2) is 14.5 Å². The second kappa shape index (κ2) is 6.22. The Morgan fingerprint density at radius 2 is 1.96 bits per heavy atom. The normalized spacial score (nSPS) is 12.4. The quantitative estimate of drug-likeness (QED) is 0.598. The number of aryl methyl sites for hydroxylation is 1. The summed E-state index contributed by atoms with van der Waals surface area (Å²) < 4.78 is 2.05. The summed E-state index contributed by atoms with van der Waals surface area (Å²) in [5.74, 6) is 0. The van der Waals surface area contributed by atoms with Gasteiger partial charge in [-0.05, 0) is 53.8 Å². The Morgan fingerprint density at radius 1 is 1.12 bits per heavy atom. The molecule has 0 saturated heterocycles. The van der Waals surface area contributed by atoms with Gasteiger partial charge in [0.1, 0.15) is 0 Å². The molecule has 1 unspecified atom stereocenters.